The molecule has 1 fully saturated rings. The van der Waals surface area contributed by atoms with Crippen molar-refractivity contribution in [3.05, 3.63) is 47.7 Å². The van der Waals surface area contributed by atoms with Gasteiger partial charge in [-0.2, -0.15) is 0 Å². The van der Waals surface area contributed by atoms with Gasteiger partial charge in [-0.1, -0.05) is 44.2 Å². The van der Waals surface area contributed by atoms with Crippen LogP contribution < -0.4 is 16.1 Å². The van der Waals surface area contributed by atoms with E-state index in [9.17, 15) is 24.3 Å². The molecule has 238 valence electrons. The first-order valence-electron chi connectivity index (χ1n) is 15.5. The Morgan fingerprint density at radius 2 is 1.80 bits per heavy atom. The fraction of sp³-hybridized carbons (Fsp3) is 0.545. The zero-order valence-electron chi connectivity index (χ0n) is 26.3. The molecule has 0 aliphatic carbocycles. The molecular weight excluding hydrogens is 562 g/mol. The number of benzene rings is 1. The number of nitrogens with zero attached hydrogens (tertiary/aromatic N) is 2. The van der Waals surface area contributed by atoms with Gasteiger partial charge in [0.15, 0.2) is 6.10 Å². The van der Waals surface area contributed by atoms with Gasteiger partial charge >= 0.3 is 5.97 Å². The van der Waals surface area contributed by atoms with Crippen LogP contribution in [-0.4, -0.2) is 69.1 Å². The minimum atomic E-state index is -1.09. The van der Waals surface area contributed by atoms with Gasteiger partial charge in [0.25, 0.3) is 11.8 Å². The first-order chi connectivity index (χ1) is 20.9. The third-order valence-corrected chi connectivity index (χ3v) is 8.25. The number of hydrogen-bond acceptors (Lipinski definition) is 8. The molecule has 11 nitrogen and oxygen atoms in total. The van der Waals surface area contributed by atoms with Crippen LogP contribution in [0, 0.1) is 5.92 Å². The van der Waals surface area contributed by atoms with Crippen LogP contribution in [0.1, 0.15) is 90.4 Å². The zero-order chi connectivity index (χ0) is 32.0. The molecule has 2 aliphatic heterocycles. The average molecular weight is 608 g/mol. The fourth-order valence-corrected chi connectivity index (χ4v) is 5.48. The summed E-state index contributed by atoms with van der Waals surface area (Å²) < 4.78 is 5.49. The first-order valence-corrected chi connectivity index (χ1v) is 15.5. The second-order valence-corrected chi connectivity index (χ2v) is 12.5. The molecule has 1 aromatic carbocycles. The number of ether oxygens (including phenoxy) is 1. The molecule has 5 atom stereocenters. The number of aliphatic hydroxyl groups is 1. The highest BCUT2D eigenvalue weighted by molar-refractivity contribution is 5.91. The first kappa shape index (κ1) is 33.1. The van der Waals surface area contributed by atoms with Crippen molar-refractivity contribution in [2.45, 2.75) is 103 Å². The minimum absolute atomic E-state index is 0.0364. The van der Waals surface area contributed by atoms with Gasteiger partial charge in [-0.25, -0.2) is 5.43 Å². The van der Waals surface area contributed by atoms with Crippen LogP contribution in [0.25, 0.3) is 17.0 Å². The molecule has 44 heavy (non-hydrogen) atoms. The van der Waals surface area contributed by atoms with E-state index in [1.807, 2.05) is 49.4 Å². The van der Waals surface area contributed by atoms with E-state index in [1.165, 1.54) is 5.01 Å². The topological polar surface area (TPSA) is 150 Å². The van der Waals surface area contributed by atoms with Crippen molar-refractivity contribution in [1.82, 2.24) is 26.1 Å². The van der Waals surface area contributed by atoms with E-state index in [4.69, 9.17) is 9.72 Å². The number of fused-ring (bicyclic) bond motifs is 4. The Labute approximate surface area is 258 Å². The summed E-state index contributed by atoms with van der Waals surface area (Å²) >= 11 is 0. The number of pyridine rings is 1. The molecule has 2 aromatic rings. The SMILES string of the molecule is CC(C)[C@@H]1OC(=O)CCC(O)CC/C=C/c2ccc3ccc(nc3c2)[C@@H](C)NC(=O)[C@]2(C)CCCN(N2)C(=O)[C@H](C)NC1=O. The van der Waals surface area contributed by atoms with Gasteiger partial charge < -0.3 is 20.5 Å². The number of hydrogen-bond donors (Lipinski definition) is 4. The van der Waals surface area contributed by atoms with Gasteiger partial charge in [-0.05, 0) is 76.5 Å². The summed E-state index contributed by atoms with van der Waals surface area (Å²) in [7, 11) is 0. The molecule has 1 saturated heterocycles. The molecule has 3 heterocycles. The van der Waals surface area contributed by atoms with E-state index in [1.54, 1.807) is 27.7 Å². The number of amides is 3. The Bertz CT molecular complexity index is 1410. The Morgan fingerprint density at radius 1 is 1.05 bits per heavy atom. The highest BCUT2D eigenvalue weighted by atomic mass is 16.5. The lowest BCUT2D eigenvalue weighted by molar-refractivity contribution is -0.160. The minimum Gasteiger partial charge on any atom is -0.452 e. The summed E-state index contributed by atoms with van der Waals surface area (Å²) in [5.41, 5.74) is 4.49. The second-order valence-electron chi connectivity index (χ2n) is 12.5. The quantitative estimate of drug-likeness (QED) is 0.361. The maximum Gasteiger partial charge on any atom is 0.306 e. The zero-order valence-corrected chi connectivity index (χ0v) is 26.3. The Hall–Kier alpha value is -3.83. The molecular formula is C33H45N5O6. The van der Waals surface area contributed by atoms with Gasteiger partial charge in [0, 0.05) is 18.4 Å². The molecule has 0 saturated carbocycles. The van der Waals surface area contributed by atoms with Crippen LogP contribution in [0.3, 0.4) is 0 Å². The smallest absolute Gasteiger partial charge is 0.306 e. The van der Waals surface area contributed by atoms with Gasteiger partial charge in [-0.15, -0.1) is 0 Å². The van der Waals surface area contributed by atoms with Crippen LogP contribution in [0.2, 0.25) is 0 Å². The number of carbonyl (C=O) groups is 4. The molecule has 2 aliphatic rings. The number of esters is 1. The van der Waals surface area contributed by atoms with Crippen LogP contribution in [-0.2, 0) is 23.9 Å². The predicted octanol–water partition coefficient (Wildman–Crippen LogP) is 3.32. The number of allylic oxidation sites excluding steroid dienone is 1. The highest BCUT2D eigenvalue weighted by Crippen LogP contribution is 2.23. The van der Waals surface area contributed by atoms with Gasteiger partial charge in [0.1, 0.15) is 11.6 Å². The number of aromatic nitrogens is 1. The third-order valence-electron chi connectivity index (χ3n) is 8.25. The third kappa shape index (κ3) is 8.21. The summed E-state index contributed by atoms with van der Waals surface area (Å²) in [5.74, 6) is -2.18. The summed E-state index contributed by atoms with van der Waals surface area (Å²) in [4.78, 5) is 57.4. The maximum atomic E-state index is 13.5. The Kier molecular flexibility index (Phi) is 10.7. The molecule has 1 aromatic heterocycles. The van der Waals surface area contributed by atoms with Gasteiger partial charge in [-0.3, -0.25) is 29.2 Å². The molecule has 5 bridgehead atoms. The van der Waals surface area contributed by atoms with E-state index < -0.39 is 41.6 Å². The van der Waals surface area contributed by atoms with Gasteiger partial charge in [0.05, 0.1) is 23.4 Å². The fourth-order valence-electron chi connectivity index (χ4n) is 5.48. The van der Waals surface area contributed by atoms with Crippen molar-refractivity contribution in [3.63, 3.8) is 0 Å². The van der Waals surface area contributed by atoms with Crippen LogP contribution in [0.15, 0.2) is 36.4 Å². The van der Waals surface area contributed by atoms with Crippen molar-refractivity contribution in [2.24, 2.45) is 5.92 Å². The number of aliphatic hydroxyl groups excluding tert-OH is 1. The molecule has 0 spiro atoms. The lowest BCUT2D eigenvalue weighted by Gasteiger charge is -2.41. The summed E-state index contributed by atoms with van der Waals surface area (Å²) in [6.07, 6.45) is 4.49. The summed E-state index contributed by atoms with van der Waals surface area (Å²) in [6.45, 7) is 9.06. The number of cyclic esters (lactones) is 1. The molecule has 1 unspecified atom stereocenters. The van der Waals surface area contributed by atoms with Crippen molar-refractivity contribution < 1.29 is 29.0 Å². The van der Waals surface area contributed by atoms with Crippen LogP contribution in [0.4, 0.5) is 0 Å². The molecule has 3 amide bonds. The van der Waals surface area contributed by atoms with Crippen molar-refractivity contribution in [3.8, 4) is 0 Å². The largest absolute Gasteiger partial charge is 0.452 e. The maximum absolute atomic E-state index is 13.5. The lowest BCUT2D eigenvalue weighted by Crippen LogP contribution is -2.67. The van der Waals surface area contributed by atoms with E-state index in [-0.39, 0.29) is 30.7 Å². The molecule has 11 heteroatoms. The Balaban J connectivity index is 1.59. The second kappa shape index (κ2) is 14.3. The standard InChI is InChI=1S/C33H45N5O6/c1-20(2)29-30(41)34-22(4)31(42)38-18-8-17-33(5,37-38)32(43)35-21(3)26-15-13-24-12-11-23(19-27(24)36-26)9-6-7-10-25(39)14-16-28(40)44-29/h6,9,11-13,15,19-22,25,29,37,39H,7-8,10,14,16-18H2,1-5H3,(H,34,41)(H,35,43)/b9-6+/t21-,22+,25?,29+,33+/m1/s1. The summed E-state index contributed by atoms with van der Waals surface area (Å²) in [6, 6.07) is 8.51. The number of nitrogens with one attached hydrogen (secondary N) is 3. The van der Waals surface area contributed by atoms with E-state index in [2.05, 4.69) is 16.1 Å². The van der Waals surface area contributed by atoms with Crippen molar-refractivity contribution in [1.29, 1.82) is 0 Å². The number of carbonyl (C=O) groups excluding carboxylic acids is 4. The van der Waals surface area contributed by atoms with Crippen LogP contribution in [0.5, 0.6) is 0 Å². The van der Waals surface area contributed by atoms with Crippen LogP contribution >= 0.6 is 0 Å². The molecule has 4 rings (SSSR count). The number of hydrazine groups is 1. The van der Waals surface area contributed by atoms with E-state index in [0.717, 1.165) is 16.5 Å². The average Bonchev–Trinajstić information content (AvgIpc) is 2.99. The summed E-state index contributed by atoms with van der Waals surface area (Å²) in [5, 5.41) is 18.5. The normalized spacial score (nSPS) is 29.1. The monoisotopic (exact) mass is 607 g/mol. The highest BCUT2D eigenvalue weighted by Gasteiger charge is 2.41. The predicted molar refractivity (Wildman–Crippen MR) is 167 cm³/mol. The molecule has 4 N–H and O–H groups in total. The van der Waals surface area contributed by atoms with Gasteiger partial charge in [0.2, 0.25) is 5.91 Å². The molecule has 0 radical (unpaired) electrons. The van der Waals surface area contributed by atoms with E-state index >= 15 is 0 Å². The Morgan fingerprint density at radius 3 is 2.55 bits per heavy atom. The number of rotatable bonds is 1. The van der Waals surface area contributed by atoms with E-state index in [0.29, 0.717) is 37.9 Å². The van der Waals surface area contributed by atoms with Crippen molar-refractivity contribution in [2.75, 3.05) is 6.54 Å². The van der Waals surface area contributed by atoms with Crippen molar-refractivity contribution >= 4 is 40.7 Å². The lowest BCUT2D eigenvalue weighted by atomic mass is 9.92.